The lowest BCUT2D eigenvalue weighted by Crippen LogP contribution is -2.57. The van der Waals surface area contributed by atoms with Gasteiger partial charge in [0.25, 0.3) is 17.5 Å². The van der Waals surface area contributed by atoms with Crippen molar-refractivity contribution < 1.29 is 18.7 Å². The summed E-state index contributed by atoms with van der Waals surface area (Å²) in [6.07, 6.45) is 13.0. The number of fused-ring (bicyclic) bond motifs is 4. The topological polar surface area (TPSA) is 103 Å². The summed E-state index contributed by atoms with van der Waals surface area (Å²) in [5, 5.41) is 6.40. The number of benzene rings is 1. The van der Waals surface area contributed by atoms with Crippen LogP contribution in [0.5, 0.6) is 5.75 Å². The van der Waals surface area contributed by atoms with Crippen molar-refractivity contribution in [2.45, 2.75) is 56.3 Å². The fourth-order valence-electron chi connectivity index (χ4n) is 6.69. The molecule has 2 bridgehead atoms. The van der Waals surface area contributed by atoms with Crippen LogP contribution in [0.1, 0.15) is 48.9 Å². The van der Waals surface area contributed by atoms with E-state index in [0.29, 0.717) is 34.4 Å². The van der Waals surface area contributed by atoms with Gasteiger partial charge in [0.15, 0.2) is 5.82 Å². The maximum absolute atomic E-state index is 15.7. The van der Waals surface area contributed by atoms with Gasteiger partial charge < -0.3 is 30.1 Å². The zero-order chi connectivity index (χ0) is 28.7. The second-order valence-corrected chi connectivity index (χ2v) is 11.5. The third-order valence-electron chi connectivity index (χ3n) is 9.09. The van der Waals surface area contributed by atoms with Crippen LogP contribution in [0.25, 0.3) is 0 Å². The van der Waals surface area contributed by atoms with Crippen molar-refractivity contribution in [2.75, 3.05) is 55.5 Å². The summed E-state index contributed by atoms with van der Waals surface area (Å²) in [6.45, 7) is 2.85. The lowest BCUT2D eigenvalue weighted by molar-refractivity contribution is -0.125. The molecule has 2 atom stereocenters. The molecule has 1 saturated carbocycles. The molecule has 0 radical (unpaired) electrons. The maximum atomic E-state index is 15.7. The Hall–Kier alpha value is -3.91. The molecule has 1 aliphatic carbocycles. The predicted molar refractivity (Wildman–Crippen MR) is 154 cm³/mol. The molecule has 2 aromatic rings. The number of hydrogen-bond donors (Lipinski definition) is 2. The number of carbonyl (C=O) groups excluding carboxylic acids is 2. The molecule has 0 spiro atoms. The van der Waals surface area contributed by atoms with E-state index in [2.05, 4.69) is 26.4 Å². The van der Waals surface area contributed by atoms with Crippen LogP contribution in [0.4, 0.5) is 27.5 Å². The van der Waals surface area contributed by atoms with Crippen LogP contribution in [0.15, 0.2) is 24.4 Å². The zero-order valence-corrected chi connectivity index (χ0v) is 23.5. The van der Waals surface area contributed by atoms with E-state index in [0.717, 1.165) is 58.2 Å². The first-order valence-electron chi connectivity index (χ1n) is 14.4. The second kappa shape index (κ2) is 10.8. The van der Waals surface area contributed by atoms with Crippen molar-refractivity contribution >= 4 is 35.0 Å². The van der Waals surface area contributed by atoms with Gasteiger partial charge in [-0.25, -0.2) is 9.37 Å². The smallest absolute Gasteiger partial charge is 0.279 e. The van der Waals surface area contributed by atoms with E-state index in [-0.39, 0.29) is 30.5 Å². The minimum absolute atomic E-state index is 0.0165. The van der Waals surface area contributed by atoms with Gasteiger partial charge in [0.2, 0.25) is 5.95 Å². The molecule has 216 valence electrons. The fraction of sp³-hybridized carbons (Fsp3) is 0.533. The summed E-state index contributed by atoms with van der Waals surface area (Å²) < 4.78 is 21.3. The summed E-state index contributed by atoms with van der Waals surface area (Å²) in [5.41, 5.74) is -0.998. The molecule has 3 saturated heterocycles. The van der Waals surface area contributed by atoms with Gasteiger partial charge in [-0.15, -0.1) is 6.42 Å². The first-order chi connectivity index (χ1) is 19.8. The van der Waals surface area contributed by atoms with Crippen LogP contribution in [-0.2, 0) is 4.79 Å². The fourth-order valence-corrected chi connectivity index (χ4v) is 6.69. The number of amides is 2. The number of ether oxygens (including phenoxy) is 1. The van der Waals surface area contributed by atoms with Crippen LogP contribution in [-0.4, -0.2) is 84.8 Å². The lowest BCUT2D eigenvalue weighted by Gasteiger charge is -2.44. The van der Waals surface area contributed by atoms with E-state index in [1.54, 1.807) is 18.2 Å². The molecule has 4 aliphatic heterocycles. The van der Waals surface area contributed by atoms with Gasteiger partial charge in [-0.3, -0.25) is 9.59 Å². The molecular formula is C30H36FN7O3. The highest BCUT2D eigenvalue weighted by molar-refractivity contribution is 6.05. The largest absolute Gasteiger partial charge is 0.495 e. The normalized spacial score (nSPS) is 27.7. The molecule has 2 N–H and O–H groups in total. The van der Waals surface area contributed by atoms with E-state index in [1.807, 2.05) is 4.90 Å². The minimum Gasteiger partial charge on any atom is -0.495 e. The van der Waals surface area contributed by atoms with Crippen LogP contribution in [0.3, 0.4) is 0 Å². The van der Waals surface area contributed by atoms with Gasteiger partial charge in [-0.05, 0) is 62.9 Å². The number of nitrogens with zero attached hydrogens (tertiary/aromatic N) is 5. The van der Waals surface area contributed by atoms with Crippen LogP contribution < -0.4 is 25.2 Å². The third kappa shape index (κ3) is 5.05. The quantitative estimate of drug-likeness (QED) is 0.519. The number of aromatic nitrogens is 2. The lowest BCUT2D eigenvalue weighted by atomic mass is 9.84. The molecule has 4 fully saturated rings. The Kier molecular flexibility index (Phi) is 7.20. The van der Waals surface area contributed by atoms with E-state index >= 15 is 4.39 Å². The molecule has 5 heterocycles. The first kappa shape index (κ1) is 27.3. The number of piperidine rings is 3. The average Bonchev–Trinajstić information content (AvgIpc) is 3.52. The highest BCUT2D eigenvalue weighted by Crippen LogP contribution is 2.39. The van der Waals surface area contributed by atoms with E-state index in [1.165, 1.54) is 25.3 Å². The molecule has 11 heteroatoms. The van der Waals surface area contributed by atoms with Gasteiger partial charge in [-0.2, -0.15) is 4.98 Å². The third-order valence-corrected chi connectivity index (χ3v) is 9.09. The number of halogens is 1. The van der Waals surface area contributed by atoms with E-state index in [4.69, 9.17) is 16.1 Å². The van der Waals surface area contributed by atoms with E-state index < -0.39 is 11.6 Å². The number of methoxy groups -OCH3 is 1. The van der Waals surface area contributed by atoms with Gasteiger partial charge >= 0.3 is 0 Å². The molecule has 5 aliphatic rings. The zero-order valence-electron chi connectivity index (χ0n) is 23.5. The SMILES string of the molecule is C#C[C@@]1(F)CN(C2CCCC2)c2nc(Nc3ccc(C(=O)N[C@H]4CN5CCC4CC5)cc3OC)ncc2N(C)C1=O. The van der Waals surface area contributed by atoms with Crippen molar-refractivity contribution in [2.24, 2.45) is 5.92 Å². The second-order valence-electron chi connectivity index (χ2n) is 11.5. The standard InChI is InChI=1S/C30H36FN7O3/c1-4-30(31)18-38(21-7-5-6-8-21)26-24(36(2)28(30)40)16-32-29(35-26)34-22-10-9-20(15-25(22)41-3)27(39)33-23-17-37-13-11-19(23)12-14-37/h1,9-10,15-16,19,21,23H,5-8,11-14,17-18H2,2-3H3,(H,33,39)(H,32,34,35)/t23-,30+/m0/s1. The Morgan fingerprint density at radius 3 is 2.63 bits per heavy atom. The van der Waals surface area contributed by atoms with Crippen LogP contribution in [0, 0.1) is 18.3 Å². The maximum Gasteiger partial charge on any atom is 0.279 e. The Morgan fingerprint density at radius 1 is 1.22 bits per heavy atom. The van der Waals surface area contributed by atoms with Crippen molar-refractivity contribution in [3.63, 3.8) is 0 Å². The monoisotopic (exact) mass is 561 g/mol. The number of terminal acetylenes is 1. The molecule has 7 rings (SSSR count). The molecule has 41 heavy (non-hydrogen) atoms. The molecule has 0 unspecified atom stereocenters. The molecule has 2 amide bonds. The summed E-state index contributed by atoms with van der Waals surface area (Å²) in [5.74, 6) is 2.85. The Morgan fingerprint density at radius 2 is 1.98 bits per heavy atom. The number of carbonyl (C=O) groups is 2. The average molecular weight is 562 g/mol. The summed E-state index contributed by atoms with van der Waals surface area (Å²) in [6, 6.07) is 5.38. The number of alkyl halides is 1. The Labute approximate surface area is 239 Å². The van der Waals surface area contributed by atoms with Crippen LogP contribution in [0.2, 0.25) is 0 Å². The Balaban J connectivity index is 1.25. The highest BCUT2D eigenvalue weighted by Gasteiger charge is 2.47. The molecular weight excluding hydrogens is 525 g/mol. The summed E-state index contributed by atoms with van der Waals surface area (Å²) >= 11 is 0. The van der Waals surface area contributed by atoms with Gasteiger partial charge in [0.05, 0.1) is 25.5 Å². The molecule has 1 aromatic heterocycles. The van der Waals surface area contributed by atoms with E-state index in [9.17, 15) is 9.59 Å². The highest BCUT2D eigenvalue weighted by atomic mass is 19.1. The Bertz CT molecular complexity index is 1380. The first-order valence-corrected chi connectivity index (χ1v) is 14.4. The van der Waals surface area contributed by atoms with Gasteiger partial charge in [0, 0.05) is 31.2 Å². The van der Waals surface area contributed by atoms with Crippen molar-refractivity contribution in [3.8, 4) is 18.1 Å². The molecule has 1 aromatic carbocycles. The number of hydrogen-bond acceptors (Lipinski definition) is 8. The van der Waals surface area contributed by atoms with Crippen molar-refractivity contribution in [1.82, 2.24) is 20.2 Å². The van der Waals surface area contributed by atoms with Crippen molar-refractivity contribution in [1.29, 1.82) is 0 Å². The number of anilines is 4. The number of rotatable bonds is 6. The van der Waals surface area contributed by atoms with Crippen LogP contribution >= 0.6 is 0 Å². The van der Waals surface area contributed by atoms with Gasteiger partial charge in [-0.1, -0.05) is 18.8 Å². The predicted octanol–water partition coefficient (Wildman–Crippen LogP) is 3.12. The summed E-state index contributed by atoms with van der Waals surface area (Å²) in [4.78, 5) is 40.7. The van der Waals surface area contributed by atoms with Crippen molar-refractivity contribution in [3.05, 3.63) is 30.0 Å². The number of nitrogens with one attached hydrogen (secondary N) is 2. The summed E-state index contributed by atoms with van der Waals surface area (Å²) in [7, 11) is 3.03. The molecule has 10 nitrogen and oxygen atoms in total. The minimum atomic E-state index is -2.47. The van der Waals surface area contributed by atoms with Gasteiger partial charge in [0.1, 0.15) is 11.4 Å².